The Balaban J connectivity index is 0.00000243. The highest BCUT2D eigenvalue weighted by Gasteiger charge is 2.16. The lowest BCUT2D eigenvalue weighted by molar-refractivity contribution is 0.122. The van der Waals surface area contributed by atoms with E-state index >= 15 is 0 Å². The van der Waals surface area contributed by atoms with Gasteiger partial charge in [-0.15, -0.1) is 24.0 Å². The molecule has 144 valence electrons. The van der Waals surface area contributed by atoms with Crippen LogP contribution in [-0.4, -0.2) is 44.8 Å². The fourth-order valence-electron chi connectivity index (χ4n) is 3.18. The van der Waals surface area contributed by atoms with Crippen LogP contribution < -0.4 is 15.5 Å². The Morgan fingerprint density at radius 3 is 2.69 bits per heavy atom. The van der Waals surface area contributed by atoms with Gasteiger partial charge in [-0.25, -0.2) is 4.99 Å². The van der Waals surface area contributed by atoms with Crippen molar-refractivity contribution in [2.24, 2.45) is 4.99 Å². The molecule has 0 spiro atoms. The van der Waals surface area contributed by atoms with Crippen molar-refractivity contribution in [1.82, 2.24) is 10.6 Å². The van der Waals surface area contributed by atoms with E-state index in [0.29, 0.717) is 12.6 Å². The van der Waals surface area contributed by atoms with Gasteiger partial charge < -0.3 is 20.3 Å². The fourth-order valence-corrected chi connectivity index (χ4v) is 3.53. The van der Waals surface area contributed by atoms with E-state index in [4.69, 9.17) is 9.73 Å². The molecule has 26 heavy (non-hydrogen) atoms. The highest BCUT2D eigenvalue weighted by molar-refractivity contribution is 14.0. The summed E-state index contributed by atoms with van der Waals surface area (Å²) in [7, 11) is 0. The smallest absolute Gasteiger partial charge is 0.191 e. The summed E-state index contributed by atoms with van der Waals surface area (Å²) in [6.07, 6.45) is 6.60. The molecule has 7 heteroatoms. The zero-order chi connectivity index (χ0) is 17.5. The van der Waals surface area contributed by atoms with Crippen LogP contribution >= 0.6 is 39.9 Å². The van der Waals surface area contributed by atoms with Crippen LogP contribution in [0.1, 0.15) is 25.3 Å². The molecule has 5 nitrogen and oxygen atoms in total. The lowest BCUT2D eigenvalue weighted by atomic mass is 10.1. The van der Waals surface area contributed by atoms with Crippen LogP contribution in [0, 0.1) is 0 Å². The van der Waals surface area contributed by atoms with Crippen LogP contribution in [0.5, 0.6) is 0 Å². The Kier molecular flexibility index (Phi) is 9.21. The second-order valence-corrected chi connectivity index (χ2v) is 7.27. The molecular formula is C19H28BrIN4O. The van der Waals surface area contributed by atoms with E-state index in [1.807, 2.05) is 0 Å². The zero-order valence-electron chi connectivity index (χ0n) is 15.2. The molecule has 0 saturated carbocycles. The van der Waals surface area contributed by atoms with Gasteiger partial charge in [-0.2, -0.15) is 0 Å². The van der Waals surface area contributed by atoms with Gasteiger partial charge in [-0.05, 0) is 37.5 Å². The summed E-state index contributed by atoms with van der Waals surface area (Å²) in [4.78, 5) is 7.22. The van der Waals surface area contributed by atoms with Crippen molar-refractivity contribution >= 4 is 51.6 Å². The van der Waals surface area contributed by atoms with Crippen molar-refractivity contribution < 1.29 is 4.74 Å². The summed E-state index contributed by atoms with van der Waals surface area (Å²) in [5.74, 6) is 0.895. The van der Waals surface area contributed by atoms with Gasteiger partial charge in [-0.1, -0.05) is 34.1 Å². The van der Waals surface area contributed by atoms with Crippen molar-refractivity contribution in [3.8, 4) is 0 Å². The number of morpholine rings is 1. The molecule has 0 aromatic heterocycles. The second kappa shape index (κ2) is 11.1. The number of anilines is 1. The molecule has 1 aromatic rings. The van der Waals surface area contributed by atoms with Crippen molar-refractivity contribution in [3.63, 3.8) is 0 Å². The molecule has 2 N–H and O–H groups in total. The third-order valence-electron chi connectivity index (χ3n) is 4.50. The van der Waals surface area contributed by atoms with E-state index in [0.717, 1.165) is 56.1 Å². The summed E-state index contributed by atoms with van der Waals surface area (Å²) in [5, 5.41) is 6.89. The molecule has 0 atom stereocenters. The first kappa shape index (κ1) is 21.5. The number of guanidine groups is 1. The van der Waals surface area contributed by atoms with Crippen molar-refractivity contribution in [1.29, 1.82) is 0 Å². The summed E-state index contributed by atoms with van der Waals surface area (Å²) in [5.41, 5.74) is 2.49. The summed E-state index contributed by atoms with van der Waals surface area (Å²) < 4.78 is 6.59. The standard InChI is InChI=1S/C19H27BrN4O.HI/c1-2-21-19(23-17-5-3-4-6-17)22-14-15-7-8-16(20)13-18(15)24-9-11-25-12-10-24;/h3-4,7-8,13,17H,2,5-6,9-12,14H2,1H3,(H2,21,22,23);1H. The van der Waals surface area contributed by atoms with E-state index in [1.54, 1.807) is 0 Å². The molecule has 1 fully saturated rings. The minimum atomic E-state index is 0. The number of aliphatic imine (C=N–C) groups is 1. The van der Waals surface area contributed by atoms with Crippen molar-refractivity contribution in [3.05, 3.63) is 40.4 Å². The Labute approximate surface area is 181 Å². The SMILES string of the molecule is CCNC(=NCc1ccc(Br)cc1N1CCOCC1)NC1CC=CC1.I. The lowest BCUT2D eigenvalue weighted by Crippen LogP contribution is -2.42. The van der Waals surface area contributed by atoms with E-state index in [1.165, 1.54) is 11.3 Å². The molecule has 0 unspecified atom stereocenters. The van der Waals surface area contributed by atoms with Crippen molar-refractivity contribution in [2.75, 3.05) is 37.7 Å². The first-order valence-corrected chi connectivity index (χ1v) is 9.86. The largest absolute Gasteiger partial charge is 0.378 e. The third-order valence-corrected chi connectivity index (χ3v) is 4.99. The number of nitrogens with zero attached hydrogens (tertiary/aromatic N) is 2. The van der Waals surface area contributed by atoms with Gasteiger partial charge in [-0.3, -0.25) is 0 Å². The maximum atomic E-state index is 5.49. The fraction of sp³-hybridized carbons (Fsp3) is 0.526. The number of ether oxygens (including phenoxy) is 1. The van der Waals surface area contributed by atoms with Gasteiger partial charge in [0.25, 0.3) is 0 Å². The monoisotopic (exact) mass is 534 g/mol. The first-order valence-electron chi connectivity index (χ1n) is 9.07. The summed E-state index contributed by atoms with van der Waals surface area (Å²) in [6.45, 7) is 7.06. The molecule has 3 rings (SSSR count). The second-order valence-electron chi connectivity index (χ2n) is 6.35. The van der Waals surface area contributed by atoms with Crippen LogP contribution in [0.2, 0.25) is 0 Å². The Hall–Kier alpha value is -0.800. The quantitative estimate of drug-likeness (QED) is 0.262. The molecule has 1 heterocycles. The van der Waals surface area contributed by atoms with E-state index in [9.17, 15) is 0 Å². The van der Waals surface area contributed by atoms with Crippen LogP contribution in [0.15, 0.2) is 39.8 Å². The Morgan fingerprint density at radius 1 is 1.27 bits per heavy atom. The summed E-state index contributed by atoms with van der Waals surface area (Å²) in [6, 6.07) is 6.91. The van der Waals surface area contributed by atoms with E-state index < -0.39 is 0 Å². The van der Waals surface area contributed by atoms with Crippen LogP contribution in [0.25, 0.3) is 0 Å². The summed E-state index contributed by atoms with van der Waals surface area (Å²) >= 11 is 3.60. The molecule has 1 aliphatic heterocycles. The Morgan fingerprint density at radius 2 is 2.00 bits per heavy atom. The average Bonchev–Trinajstić information content (AvgIpc) is 3.14. The zero-order valence-corrected chi connectivity index (χ0v) is 19.1. The molecule has 1 aromatic carbocycles. The molecule has 2 aliphatic rings. The predicted molar refractivity (Wildman–Crippen MR) is 123 cm³/mol. The number of rotatable bonds is 5. The Bertz CT molecular complexity index is 624. The maximum Gasteiger partial charge on any atom is 0.191 e. The van der Waals surface area contributed by atoms with Crippen LogP contribution in [0.3, 0.4) is 0 Å². The number of halogens is 2. The predicted octanol–water partition coefficient (Wildman–Crippen LogP) is 3.68. The highest BCUT2D eigenvalue weighted by Crippen LogP contribution is 2.26. The van der Waals surface area contributed by atoms with Gasteiger partial charge in [0.1, 0.15) is 0 Å². The van der Waals surface area contributed by atoms with Gasteiger partial charge in [0.15, 0.2) is 5.96 Å². The van der Waals surface area contributed by atoms with E-state index in [-0.39, 0.29) is 24.0 Å². The lowest BCUT2D eigenvalue weighted by Gasteiger charge is -2.30. The number of hydrogen-bond donors (Lipinski definition) is 2. The van der Waals surface area contributed by atoms with Crippen LogP contribution in [0.4, 0.5) is 5.69 Å². The molecule has 1 aliphatic carbocycles. The van der Waals surface area contributed by atoms with Crippen LogP contribution in [-0.2, 0) is 11.3 Å². The molecule has 0 radical (unpaired) electrons. The maximum absolute atomic E-state index is 5.49. The number of benzene rings is 1. The van der Waals surface area contributed by atoms with Gasteiger partial charge >= 0.3 is 0 Å². The first-order chi connectivity index (χ1) is 12.3. The minimum absolute atomic E-state index is 0. The highest BCUT2D eigenvalue weighted by atomic mass is 127. The molecule has 1 saturated heterocycles. The molecule has 0 amide bonds. The third kappa shape index (κ3) is 6.13. The minimum Gasteiger partial charge on any atom is -0.378 e. The average molecular weight is 535 g/mol. The van der Waals surface area contributed by atoms with Gasteiger partial charge in [0.05, 0.1) is 19.8 Å². The topological polar surface area (TPSA) is 48.9 Å². The number of nitrogens with one attached hydrogen (secondary N) is 2. The molecule has 0 bridgehead atoms. The number of hydrogen-bond acceptors (Lipinski definition) is 3. The normalized spacial score (nSPS) is 17.9. The van der Waals surface area contributed by atoms with E-state index in [2.05, 4.69) is 68.7 Å². The van der Waals surface area contributed by atoms with Crippen molar-refractivity contribution in [2.45, 2.75) is 32.4 Å². The molecular weight excluding hydrogens is 507 g/mol. The van der Waals surface area contributed by atoms with Gasteiger partial charge in [0.2, 0.25) is 0 Å². The van der Waals surface area contributed by atoms with Gasteiger partial charge in [0, 0.05) is 35.8 Å².